The Labute approximate surface area is 112 Å². The number of carbonyl (C=O) groups excluding carboxylic acids is 2. The monoisotopic (exact) mass is 309 g/mol. The molecule has 2 saturated heterocycles. The van der Waals surface area contributed by atoms with Crippen LogP contribution < -0.4 is 0 Å². The first kappa shape index (κ1) is 14.4. The lowest BCUT2D eigenvalue weighted by Gasteiger charge is -2.15. The van der Waals surface area contributed by atoms with E-state index < -0.39 is 44.3 Å². The van der Waals surface area contributed by atoms with E-state index in [4.69, 9.17) is 0 Å². The summed E-state index contributed by atoms with van der Waals surface area (Å²) in [5, 5.41) is 0. The smallest absolute Gasteiger partial charge is 0.272 e. The Morgan fingerprint density at radius 1 is 1.47 bits per heavy atom. The molecule has 0 unspecified atom stereocenters. The highest BCUT2D eigenvalue weighted by Gasteiger charge is 2.52. The molecule has 8 nitrogen and oxygen atoms in total. The molecule has 108 valence electrons. The molecule has 1 atom stereocenters. The minimum absolute atomic E-state index is 0.291. The number of carbonyl (C=O) groups is 2. The number of fused-ring (bicyclic) bond motifs is 1. The summed E-state index contributed by atoms with van der Waals surface area (Å²) in [5.41, 5.74) is 0. The number of hydrogen-bond acceptors (Lipinski definition) is 5. The molecule has 0 bridgehead atoms. The van der Waals surface area contributed by atoms with Gasteiger partial charge in [0.1, 0.15) is 12.6 Å². The zero-order chi connectivity index (χ0) is 14.4. The van der Waals surface area contributed by atoms with Crippen LogP contribution in [0.5, 0.6) is 0 Å². The third-order valence-corrected chi connectivity index (χ3v) is 5.45. The Bertz CT molecular complexity index is 639. The zero-order valence-electron chi connectivity index (χ0n) is 10.6. The number of rotatable bonds is 2. The number of amides is 2. The molecule has 2 aliphatic rings. The van der Waals surface area contributed by atoms with Crippen LogP contribution in [0.4, 0.5) is 0 Å². The molecule has 0 saturated carbocycles. The minimum atomic E-state index is -3.92. The van der Waals surface area contributed by atoms with Crippen LogP contribution in [0.15, 0.2) is 4.36 Å². The third kappa shape index (κ3) is 2.65. The summed E-state index contributed by atoms with van der Waals surface area (Å²) < 4.78 is 40.5. The number of hydrogen-bond donors (Lipinski definition) is 0. The summed E-state index contributed by atoms with van der Waals surface area (Å²) in [6.45, 7) is -0.383. The van der Waals surface area contributed by atoms with Crippen molar-refractivity contribution < 1.29 is 22.2 Å². The van der Waals surface area contributed by atoms with Gasteiger partial charge in [-0.3, -0.25) is 9.59 Å². The summed E-state index contributed by atoms with van der Waals surface area (Å²) in [6, 6.07) is -0.689. The normalized spacial score (nSPS) is 26.5. The van der Waals surface area contributed by atoms with E-state index in [-0.39, 0.29) is 0 Å². The first-order valence-corrected chi connectivity index (χ1v) is 9.39. The average Bonchev–Trinajstić information content (AvgIpc) is 2.76. The summed E-state index contributed by atoms with van der Waals surface area (Å²) in [4.78, 5) is 23.5. The predicted molar refractivity (Wildman–Crippen MR) is 67.8 cm³/mol. The first-order valence-electron chi connectivity index (χ1n) is 5.66. The van der Waals surface area contributed by atoms with Crippen molar-refractivity contribution in [3.63, 3.8) is 0 Å². The van der Waals surface area contributed by atoms with Crippen LogP contribution in [0.1, 0.15) is 12.8 Å². The molecular formula is C9H15N3O5S2. The maximum atomic E-state index is 12.1. The molecule has 0 spiro atoms. The second kappa shape index (κ2) is 4.53. The molecule has 10 heteroatoms. The summed E-state index contributed by atoms with van der Waals surface area (Å²) in [7, 11) is -6.58. The SMILES string of the molecule is CS(C)(=O)=NC(=O)CN1C(=O)[C@@H]2CCCN2S1(=O)=O. The Hall–Kier alpha value is -1.00. The zero-order valence-corrected chi connectivity index (χ0v) is 12.2. The van der Waals surface area contributed by atoms with Crippen molar-refractivity contribution in [2.45, 2.75) is 18.9 Å². The van der Waals surface area contributed by atoms with Crippen LogP contribution in [-0.2, 0) is 29.5 Å². The Kier molecular flexibility index (Phi) is 3.43. The quantitative estimate of drug-likeness (QED) is 0.636. The molecule has 2 heterocycles. The molecule has 2 amide bonds. The van der Waals surface area contributed by atoms with Gasteiger partial charge in [0.15, 0.2) is 0 Å². The first-order chi connectivity index (χ1) is 8.63. The van der Waals surface area contributed by atoms with Crippen LogP contribution >= 0.6 is 0 Å². The van der Waals surface area contributed by atoms with Gasteiger partial charge in [0.25, 0.3) is 11.8 Å². The van der Waals surface area contributed by atoms with Crippen LogP contribution in [0.3, 0.4) is 0 Å². The van der Waals surface area contributed by atoms with E-state index in [2.05, 4.69) is 4.36 Å². The van der Waals surface area contributed by atoms with Gasteiger partial charge in [-0.05, 0) is 12.8 Å². The van der Waals surface area contributed by atoms with E-state index in [9.17, 15) is 22.2 Å². The van der Waals surface area contributed by atoms with E-state index in [1.807, 2.05) is 0 Å². The van der Waals surface area contributed by atoms with Crippen LogP contribution in [0.25, 0.3) is 0 Å². The topological polar surface area (TPSA) is 104 Å². The lowest BCUT2D eigenvalue weighted by atomic mass is 10.2. The van der Waals surface area contributed by atoms with Crippen LogP contribution in [0.2, 0.25) is 0 Å². The molecule has 0 radical (unpaired) electrons. The summed E-state index contributed by atoms with van der Waals surface area (Å²) >= 11 is 0. The maximum Gasteiger partial charge on any atom is 0.307 e. The molecule has 0 N–H and O–H groups in total. The van der Waals surface area contributed by atoms with Crippen molar-refractivity contribution in [1.29, 1.82) is 0 Å². The maximum absolute atomic E-state index is 12.1. The Morgan fingerprint density at radius 3 is 2.63 bits per heavy atom. The lowest BCUT2D eigenvalue weighted by molar-refractivity contribution is -0.130. The molecule has 2 aliphatic heterocycles. The van der Waals surface area contributed by atoms with E-state index >= 15 is 0 Å². The highest BCUT2D eigenvalue weighted by Crippen LogP contribution is 2.31. The molecule has 0 aromatic heterocycles. The molecule has 2 rings (SSSR count). The fourth-order valence-corrected chi connectivity index (χ4v) is 4.53. The fourth-order valence-electron chi connectivity index (χ4n) is 2.23. The van der Waals surface area contributed by atoms with Crippen LogP contribution in [0, 0.1) is 0 Å². The third-order valence-electron chi connectivity index (χ3n) is 2.91. The highest BCUT2D eigenvalue weighted by molar-refractivity contribution is 7.92. The van der Waals surface area contributed by atoms with Crippen molar-refractivity contribution in [3.05, 3.63) is 0 Å². The lowest BCUT2D eigenvalue weighted by Crippen LogP contribution is -2.37. The highest BCUT2D eigenvalue weighted by atomic mass is 32.2. The average molecular weight is 309 g/mol. The van der Waals surface area contributed by atoms with Gasteiger partial charge in [0.05, 0.1) is 0 Å². The van der Waals surface area contributed by atoms with Crippen molar-refractivity contribution in [2.24, 2.45) is 4.36 Å². The summed E-state index contributed by atoms with van der Waals surface area (Å²) in [6.07, 6.45) is 3.64. The second-order valence-corrected chi connectivity index (χ2v) is 9.14. The van der Waals surface area contributed by atoms with E-state index in [0.717, 1.165) is 4.31 Å². The fraction of sp³-hybridized carbons (Fsp3) is 0.778. The van der Waals surface area contributed by atoms with Gasteiger partial charge in [-0.1, -0.05) is 0 Å². The van der Waals surface area contributed by atoms with Crippen LogP contribution in [-0.4, -0.2) is 64.7 Å². The Morgan fingerprint density at radius 2 is 2.11 bits per heavy atom. The van der Waals surface area contributed by atoms with Gasteiger partial charge >= 0.3 is 10.2 Å². The van der Waals surface area contributed by atoms with Gasteiger partial charge in [-0.15, -0.1) is 0 Å². The van der Waals surface area contributed by atoms with Crippen molar-refractivity contribution in [1.82, 2.24) is 8.61 Å². The number of nitrogens with zero attached hydrogens (tertiary/aromatic N) is 3. The molecule has 19 heavy (non-hydrogen) atoms. The molecular weight excluding hydrogens is 294 g/mol. The Balaban J connectivity index is 2.25. The minimum Gasteiger partial charge on any atom is -0.272 e. The van der Waals surface area contributed by atoms with Gasteiger partial charge in [0.2, 0.25) is 0 Å². The molecule has 0 aromatic carbocycles. The van der Waals surface area contributed by atoms with Crippen molar-refractivity contribution in [3.8, 4) is 0 Å². The van der Waals surface area contributed by atoms with Crippen molar-refractivity contribution >= 4 is 31.8 Å². The van der Waals surface area contributed by atoms with E-state index in [1.165, 1.54) is 12.5 Å². The van der Waals surface area contributed by atoms with Gasteiger partial charge in [0, 0.05) is 28.8 Å². The largest absolute Gasteiger partial charge is 0.307 e. The van der Waals surface area contributed by atoms with E-state index in [0.29, 0.717) is 23.7 Å². The van der Waals surface area contributed by atoms with Gasteiger partial charge in [-0.2, -0.15) is 17.1 Å². The molecule has 2 fully saturated rings. The van der Waals surface area contributed by atoms with Gasteiger partial charge in [-0.25, -0.2) is 8.51 Å². The summed E-state index contributed by atoms with van der Waals surface area (Å²) in [5.74, 6) is -1.46. The predicted octanol–water partition coefficient (Wildman–Crippen LogP) is -1.21. The molecule has 0 aromatic rings. The standard InChI is InChI=1S/C9H15N3O5S2/c1-18(2,15)10-8(13)6-12-9(14)7-4-3-5-11(7)19(12,16)17/h7H,3-6H2,1-2H3/t7-/m0/s1. The molecule has 0 aliphatic carbocycles. The second-order valence-electron chi connectivity index (χ2n) is 4.79. The van der Waals surface area contributed by atoms with Crippen molar-refractivity contribution in [2.75, 3.05) is 25.6 Å². The van der Waals surface area contributed by atoms with E-state index in [1.54, 1.807) is 0 Å². The van der Waals surface area contributed by atoms with Gasteiger partial charge < -0.3 is 0 Å².